The fraction of sp³-hybridized carbons (Fsp3) is 0.333. The number of morpholine rings is 1. The number of imidazole rings is 1. The van der Waals surface area contributed by atoms with Gasteiger partial charge in [0.05, 0.1) is 36.2 Å². The highest BCUT2D eigenvalue weighted by Gasteiger charge is 2.28. The number of nitrogens with zero attached hydrogens (tertiary/aromatic N) is 6. The van der Waals surface area contributed by atoms with E-state index in [-0.39, 0.29) is 28.6 Å². The van der Waals surface area contributed by atoms with Crippen molar-refractivity contribution in [1.29, 1.82) is 0 Å². The topological polar surface area (TPSA) is 107 Å². The van der Waals surface area contributed by atoms with E-state index in [9.17, 15) is 23.5 Å². The fourth-order valence-corrected chi connectivity index (χ4v) is 7.70. The molecule has 0 bridgehead atoms. The van der Waals surface area contributed by atoms with Crippen molar-refractivity contribution in [1.82, 2.24) is 28.4 Å². The molecule has 2 aromatic carbocycles. The molecule has 1 saturated carbocycles. The van der Waals surface area contributed by atoms with E-state index in [1.54, 1.807) is 28.7 Å². The van der Waals surface area contributed by atoms with Gasteiger partial charge in [-0.3, -0.25) is 14.3 Å². The molecule has 0 spiro atoms. The molecule has 0 atom stereocenters. The van der Waals surface area contributed by atoms with Crippen molar-refractivity contribution in [3.63, 3.8) is 0 Å². The van der Waals surface area contributed by atoms with Crippen molar-refractivity contribution in [3.05, 3.63) is 123 Å². The summed E-state index contributed by atoms with van der Waals surface area (Å²) in [7, 11) is 0. The van der Waals surface area contributed by atoms with Crippen LogP contribution in [-0.4, -0.2) is 59.8 Å². The van der Waals surface area contributed by atoms with Gasteiger partial charge < -0.3 is 14.2 Å². The zero-order valence-electron chi connectivity index (χ0n) is 28.0. The minimum Gasteiger partial charge on any atom is -0.508 e. The molecule has 51 heavy (non-hydrogen) atoms. The molecule has 2 fully saturated rings. The first-order chi connectivity index (χ1) is 24.8. The number of aromatic hydroxyl groups is 1. The molecule has 1 aliphatic heterocycles. The van der Waals surface area contributed by atoms with E-state index in [1.165, 1.54) is 21.4 Å². The average Bonchev–Trinajstić information content (AvgIpc) is 3.55. The third-order valence-corrected chi connectivity index (χ3v) is 10.4. The lowest BCUT2D eigenvalue weighted by Gasteiger charge is -2.30. The van der Waals surface area contributed by atoms with Gasteiger partial charge in [0.1, 0.15) is 23.0 Å². The van der Waals surface area contributed by atoms with E-state index in [1.807, 2.05) is 30.5 Å². The molecular formula is C39H38F2N6O4. The Morgan fingerprint density at radius 2 is 1.73 bits per heavy atom. The van der Waals surface area contributed by atoms with E-state index < -0.39 is 17.1 Å². The molecule has 262 valence electrons. The number of phenolic OH excluding ortho intramolecular Hbond substituents is 1. The number of hydrogen-bond acceptors (Lipinski definition) is 7. The molecule has 6 aromatic rings. The SMILES string of the molecule is O=c1c2cc(F)cnc2n(-c2cccc(-c3cc(O)ccc3CN3CCOCC3)c2)c(=O)n1C1CCC(CCc2cn3cc(F)ccc3n2)CC1. The Bertz CT molecular complexity index is 2360. The van der Waals surface area contributed by atoms with Gasteiger partial charge in [0.15, 0.2) is 5.65 Å². The molecule has 5 heterocycles. The zero-order valence-corrected chi connectivity index (χ0v) is 28.0. The number of benzene rings is 2. The fourth-order valence-electron chi connectivity index (χ4n) is 7.70. The largest absolute Gasteiger partial charge is 0.508 e. The summed E-state index contributed by atoms with van der Waals surface area (Å²) in [5, 5.41) is 10.5. The van der Waals surface area contributed by atoms with Crippen molar-refractivity contribution in [2.75, 3.05) is 26.3 Å². The standard InChI is InChI=1S/C39H38F2N6O4/c40-28-8-13-36-43-30(24-45(36)23-28)9-4-25-5-10-31(11-6-25)47-38(49)35-19-29(41)21-42-37(35)46(39(47)50)32-3-1-2-26(18-32)34-20-33(48)12-7-27(34)22-44-14-16-51-17-15-44/h1-3,7-8,12-13,18-21,23-25,31,48H,4-6,9-11,14-17,22H2. The number of phenols is 1. The smallest absolute Gasteiger partial charge is 0.337 e. The van der Waals surface area contributed by atoms with Crippen LogP contribution in [0.5, 0.6) is 5.75 Å². The molecule has 0 radical (unpaired) electrons. The number of rotatable bonds is 8. The lowest BCUT2D eigenvalue weighted by atomic mass is 9.83. The summed E-state index contributed by atoms with van der Waals surface area (Å²) in [5.41, 5.74) is 3.72. The molecule has 0 amide bonds. The van der Waals surface area contributed by atoms with Crippen LogP contribution < -0.4 is 11.2 Å². The number of aryl methyl sites for hydroxylation is 1. The lowest BCUT2D eigenvalue weighted by Crippen LogP contribution is -2.43. The Balaban J connectivity index is 1.09. The molecule has 1 saturated heterocycles. The van der Waals surface area contributed by atoms with Crippen LogP contribution >= 0.6 is 0 Å². The van der Waals surface area contributed by atoms with Gasteiger partial charge in [-0.25, -0.2) is 28.1 Å². The van der Waals surface area contributed by atoms with Crippen LogP contribution in [0.2, 0.25) is 0 Å². The van der Waals surface area contributed by atoms with Gasteiger partial charge in [0, 0.05) is 38.1 Å². The maximum atomic E-state index is 14.6. The Morgan fingerprint density at radius 3 is 2.55 bits per heavy atom. The lowest BCUT2D eigenvalue weighted by molar-refractivity contribution is 0.0342. The van der Waals surface area contributed by atoms with E-state index in [0.717, 1.165) is 73.4 Å². The van der Waals surface area contributed by atoms with E-state index in [4.69, 9.17) is 4.74 Å². The van der Waals surface area contributed by atoms with Crippen LogP contribution in [0, 0.1) is 17.6 Å². The highest BCUT2D eigenvalue weighted by atomic mass is 19.1. The summed E-state index contributed by atoms with van der Waals surface area (Å²) < 4.78 is 38.1. The Hall–Kier alpha value is -5.20. The first-order valence-electron chi connectivity index (χ1n) is 17.5. The van der Waals surface area contributed by atoms with Gasteiger partial charge in [-0.1, -0.05) is 18.2 Å². The second-order valence-electron chi connectivity index (χ2n) is 13.7. The van der Waals surface area contributed by atoms with Gasteiger partial charge in [-0.2, -0.15) is 0 Å². The minimum absolute atomic E-state index is 0.0378. The third-order valence-electron chi connectivity index (χ3n) is 10.4. The summed E-state index contributed by atoms with van der Waals surface area (Å²) in [6.07, 6.45) is 8.81. The maximum absolute atomic E-state index is 14.6. The Kier molecular flexibility index (Phi) is 8.95. The van der Waals surface area contributed by atoms with Gasteiger partial charge in [-0.05, 0) is 104 Å². The normalized spacial score (nSPS) is 18.5. The van der Waals surface area contributed by atoms with Crippen LogP contribution in [-0.2, 0) is 17.7 Å². The van der Waals surface area contributed by atoms with Crippen LogP contribution in [0.25, 0.3) is 33.5 Å². The molecule has 1 N–H and O–H groups in total. The number of ether oxygens (including phenoxy) is 1. The second kappa shape index (κ2) is 13.8. The molecule has 8 rings (SSSR count). The number of hydrogen-bond donors (Lipinski definition) is 1. The third kappa shape index (κ3) is 6.68. The highest BCUT2D eigenvalue weighted by Crippen LogP contribution is 2.34. The molecular weight excluding hydrogens is 654 g/mol. The van der Waals surface area contributed by atoms with Crippen molar-refractivity contribution in [2.45, 2.75) is 51.1 Å². The van der Waals surface area contributed by atoms with Crippen LogP contribution in [0.1, 0.15) is 49.4 Å². The summed E-state index contributed by atoms with van der Waals surface area (Å²) in [4.78, 5) is 39.5. The van der Waals surface area contributed by atoms with Gasteiger partial charge in [-0.15, -0.1) is 0 Å². The Morgan fingerprint density at radius 1 is 0.902 bits per heavy atom. The van der Waals surface area contributed by atoms with E-state index in [0.29, 0.717) is 49.9 Å². The molecule has 10 nitrogen and oxygen atoms in total. The maximum Gasteiger partial charge on any atom is 0.337 e. The number of aromatic nitrogens is 5. The summed E-state index contributed by atoms with van der Waals surface area (Å²) in [5.74, 6) is -0.468. The van der Waals surface area contributed by atoms with Crippen LogP contribution in [0.15, 0.2) is 88.8 Å². The number of fused-ring (bicyclic) bond motifs is 2. The summed E-state index contributed by atoms with van der Waals surface area (Å²) >= 11 is 0. The van der Waals surface area contributed by atoms with Crippen LogP contribution in [0.4, 0.5) is 8.78 Å². The van der Waals surface area contributed by atoms with Crippen molar-refractivity contribution < 1.29 is 18.6 Å². The number of pyridine rings is 2. The van der Waals surface area contributed by atoms with Gasteiger partial charge in [0.25, 0.3) is 5.56 Å². The molecule has 0 unspecified atom stereocenters. The first kappa shape index (κ1) is 33.0. The van der Waals surface area contributed by atoms with Gasteiger partial charge in [0.2, 0.25) is 0 Å². The van der Waals surface area contributed by atoms with Crippen molar-refractivity contribution in [3.8, 4) is 22.6 Å². The molecule has 2 aliphatic rings. The van der Waals surface area contributed by atoms with Crippen molar-refractivity contribution >= 4 is 16.7 Å². The summed E-state index contributed by atoms with van der Waals surface area (Å²) in [6.45, 7) is 3.60. The second-order valence-corrected chi connectivity index (χ2v) is 13.7. The van der Waals surface area contributed by atoms with Crippen LogP contribution in [0.3, 0.4) is 0 Å². The zero-order chi connectivity index (χ0) is 35.1. The Labute approximate surface area is 292 Å². The monoisotopic (exact) mass is 692 g/mol. The van der Waals surface area contributed by atoms with E-state index in [2.05, 4.69) is 14.9 Å². The quantitative estimate of drug-likeness (QED) is 0.207. The minimum atomic E-state index is -0.656. The highest BCUT2D eigenvalue weighted by molar-refractivity contribution is 5.77. The van der Waals surface area contributed by atoms with Crippen molar-refractivity contribution in [2.24, 2.45) is 5.92 Å². The average molecular weight is 693 g/mol. The molecule has 4 aromatic heterocycles. The predicted molar refractivity (Wildman–Crippen MR) is 189 cm³/mol. The first-order valence-corrected chi connectivity index (χ1v) is 17.5. The summed E-state index contributed by atoms with van der Waals surface area (Å²) in [6, 6.07) is 16.5. The van der Waals surface area contributed by atoms with E-state index >= 15 is 0 Å². The molecule has 1 aliphatic carbocycles. The predicted octanol–water partition coefficient (Wildman–Crippen LogP) is 6.04. The molecule has 12 heteroatoms. The van der Waals surface area contributed by atoms with Gasteiger partial charge >= 0.3 is 5.69 Å². The number of halogens is 2.